The number of H-pyrrole nitrogens is 1. The summed E-state index contributed by atoms with van der Waals surface area (Å²) >= 11 is 0. The molecule has 14 heteroatoms. The number of carbonyl (C=O) groups excluding carboxylic acids is 2. The Bertz CT molecular complexity index is 783. The van der Waals surface area contributed by atoms with Crippen LogP contribution in [-0.2, 0) is 9.53 Å². The molecule has 0 amide bonds. The van der Waals surface area contributed by atoms with Crippen LogP contribution in [0.2, 0.25) is 0 Å². The minimum absolute atomic E-state index is 0.241. The Balaban J connectivity index is 2.21. The molecule has 0 aliphatic rings. The summed E-state index contributed by atoms with van der Waals surface area (Å²) in [4.78, 5) is 25.7. The maximum Gasteiger partial charge on any atom is 0.573 e. The molecule has 0 aromatic carbocycles. The van der Waals surface area contributed by atoms with Crippen LogP contribution in [-0.4, -0.2) is 44.9 Å². The molecule has 2 rings (SSSR count). The molecular formula is C11H4F6N4O4. The van der Waals surface area contributed by atoms with Gasteiger partial charge >= 0.3 is 24.5 Å². The predicted molar refractivity (Wildman–Crippen MR) is 62.8 cm³/mol. The third kappa shape index (κ3) is 4.65. The lowest BCUT2D eigenvalue weighted by Gasteiger charge is -2.08. The van der Waals surface area contributed by atoms with Crippen LogP contribution in [0.1, 0.15) is 10.5 Å². The molecule has 0 spiro atoms. The van der Waals surface area contributed by atoms with E-state index in [2.05, 4.69) is 24.7 Å². The summed E-state index contributed by atoms with van der Waals surface area (Å²) in [7, 11) is 0. The quantitative estimate of drug-likeness (QED) is 0.500. The number of nitrogens with zero attached hydrogens (tertiary/aromatic N) is 3. The zero-order chi connectivity index (χ0) is 18.8. The molecule has 0 aliphatic heterocycles. The number of rotatable bonds is 3. The van der Waals surface area contributed by atoms with Crippen LogP contribution in [0.3, 0.4) is 0 Å². The highest BCUT2D eigenvalue weighted by atomic mass is 19.4. The fourth-order valence-corrected chi connectivity index (χ4v) is 1.46. The lowest BCUT2D eigenvalue weighted by atomic mass is 10.2. The highest BCUT2D eigenvalue weighted by Crippen LogP contribution is 2.25. The first-order chi connectivity index (χ1) is 11.5. The number of esters is 2. The van der Waals surface area contributed by atoms with Gasteiger partial charge in [-0.2, -0.15) is 23.5 Å². The van der Waals surface area contributed by atoms with Gasteiger partial charge < -0.3 is 9.47 Å². The van der Waals surface area contributed by atoms with Crippen molar-refractivity contribution in [3.05, 3.63) is 24.0 Å². The van der Waals surface area contributed by atoms with Gasteiger partial charge in [0.2, 0.25) is 0 Å². The minimum atomic E-state index is -5.41. The van der Waals surface area contributed by atoms with Gasteiger partial charge in [0.15, 0.2) is 5.69 Å². The topological polar surface area (TPSA) is 107 Å². The Hall–Kier alpha value is -3.19. The van der Waals surface area contributed by atoms with Crippen molar-refractivity contribution in [1.29, 1.82) is 0 Å². The number of aromatic nitrogens is 4. The molecule has 0 saturated carbocycles. The van der Waals surface area contributed by atoms with Gasteiger partial charge in [-0.1, -0.05) is 0 Å². The van der Waals surface area contributed by atoms with Crippen LogP contribution >= 0.6 is 0 Å². The average molecular weight is 370 g/mol. The zero-order valence-corrected chi connectivity index (χ0v) is 11.5. The van der Waals surface area contributed by atoms with Crippen molar-refractivity contribution in [2.24, 2.45) is 0 Å². The van der Waals surface area contributed by atoms with Crippen molar-refractivity contribution in [3.8, 4) is 17.1 Å². The third-order valence-electron chi connectivity index (χ3n) is 2.37. The summed E-state index contributed by atoms with van der Waals surface area (Å²) in [6.07, 6.45) is -9.73. The largest absolute Gasteiger partial charge is 0.573 e. The summed E-state index contributed by atoms with van der Waals surface area (Å²) in [5.74, 6) is -5.23. The van der Waals surface area contributed by atoms with Crippen molar-refractivity contribution >= 4 is 11.9 Å². The van der Waals surface area contributed by atoms with E-state index in [1.54, 1.807) is 0 Å². The summed E-state index contributed by atoms with van der Waals surface area (Å²) < 4.78 is 79.5. The van der Waals surface area contributed by atoms with Crippen LogP contribution in [0.4, 0.5) is 26.3 Å². The lowest BCUT2D eigenvalue weighted by Crippen LogP contribution is -2.28. The first kappa shape index (κ1) is 18.2. The molecule has 0 unspecified atom stereocenters. The molecule has 0 bridgehead atoms. The average Bonchev–Trinajstić information content (AvgIpc) is 2.94. The normalized spacial score (nSPS) is 11.9. The van der Waals surface area contributed by atoms with E-state index in [1.807, 2.05) is 5.21 Å². The van der Waals surface area contributed by atoms with Crippen molar-refractivity contribution in [1.82, 2.24) is 20.4 Å². The number of carbonyl (C=O) groups is 2. The molecule has 2 heterocycles. The van der Waals surface area contributed by atoms with Crippen LogP contribution < -0.4 is 4.74 Å². The highest BCUT2D eigenvalue weighted by molar-refractivity contribution is 6.00. The number of nitrogens with one attached hydrogen (secondary N) is 1. The molecule has 0 radical (unpaired) electrons. The summed E-state index contributed by atoms with van der Waals surface area (Å²) in [6.45, 7) is 0. The van der Waals surface area contributed by atoms with E-state index in [-0.39, 0.29) is 5.69 Å². The van der Waals surface area contributed by atoms with E-state index in [9.17, 15) is 35.9 Å². The number of aromatic amines is 1. The first-order valence-electron chi connectivity index (χ1n) is 5.93. The molecular weight excluding hydrogens is 366 g/mol. The molecule has 2 aromatic heterocycles. The minimum Gasteiger partial charge on any atom is -0.404 e. The summed E-state index contributed by atoms with van der Waals surface area (Å²) in [5, 5.41) is 8.55. The molecule has 2 aromatic rings. The van der Waals surface area contributed by atoms with Crippen LogP contribution in [0.25, 0.3) is 11.4 Å². The molecule has 134 valence electrons. The van der Waals surface area contributed by atoms with Gasteiger partial charge in [0.25, 0.3) is 0 Å². The standard InChI is InChI=1S/C11H4F6N4O4/c12-10(13,14)9(23)24-8(22)7-6(19-21-20-7)5-2-1-4(3-18-5)25-11(15,16)17/h1-3H,(H,19,20,21). The summed E-state index contributed by atoms with van der Waals surface area (Å²) in [5.41, 5.74) is -1.51. The Morgan fingerprint density at radius 3 is 2.24 bits per heavy atom. The monoisotopic (exact) mass is 370 g/mol. The van der Waals surface area contributed by atoms with E-state index < -0.39 is 41.6 Å². The number of pyridine rings is 1. The number of halogens is 6. The number of hydrogen-bond acceptors (Lipinski definition) is 7. The smallest absolute Gasteiger partial charge is 0.404 e. The van der Waals surface area contributed by atoms with Crippen molar-refractivity contribution < 1.29 is 45.4 Å². The predicted octanol–water partition coefficient (Wildman–Crippen LogP) is 2.01. The number of hydrogen-bond donors (Lipinski definition) is 1. The second kappa shape index (κ2) is 6.37. The first-order valence-corrected chi connectivity index (χ1v) is 5.93. The molecule has 8 nitrogen and oxygen atoms in total. The van der Waals surface area contributed by atoms with Crippen molar-refractivity contribution in [2.75, 3.05) is 0 Å². The molecule has 25 heavy (non-hydrogen) atoms. The second-order valence-corrected chi connectivity index (χ2v) is 4.12. The van der Waals surface area contributed by atoms with Gasteiger partial charge in [-0.3, -0.25) is 4.98 Å². The Morgan fingerprint density at radius 1 is 1.04 bits per heavy atom. The Labute approximate surface area is 132 Å². The van der Waals surface area contributed by atoms with Gasteiger partial charge in [-0.25, -0.2) is 9.59 Å². The van der Waals surface area contributed by atoms with E-state index in [0.717, 1.165) is 12.1 Å². The Morgan fingerprint density at radius 2 is 1.72 bits per heavy atom. The third-order valence-corrected chi connectivity index (χ3v) is 2.37. The van der Waals surface area contributed by atoms with Gasteiger partial charge in [0.1, 0.15) is 11.4 Å². The highest BCUT2D eigenvalue weighted by Gasteiger charge is 2.43. The van der Waals surface area contributed by atoms with Crippen LogP contribution in [0, 0.1) is 0 Å². The maximum atomic E-state index is 12.1. The van der Waals surface area contributed by atoms with Crippen molar-refractivity contribution in [2.45, 2.75) is 12.5 Å². The summed E-state index contributed by atoms with van der Waals surface area (Å²) in [6, 6.07) is 1.75. The maximum absolute atomic E-state index is 12.1. The lowest BCUT2D eigenvalue weighted by molar-refractivity contribution is -0.274. The van der Waals surface area contributed by atoms with E-state index >= 15 is 0 Å². The van der Waals surface area contributed by atoms with E-state index in [0.29, 0.717) is 6.20 Å². The molecule has 0 saturated heterocycles. The molecule has 0 atom stereocenters. The molecule has 0 aliphatic carbocycles. The van der Waals surface area contributed by atoms with Gasteiger partial charge in [0.05, 0.1) is 11.9 Å². The Kier molecular flexibility index (Phi) is 4.62. The van der Waals surface area contributed by atoms with Crippen molar-refractivity contribution in [3.63, 3.8) is 0 Å². The van der Waals surface area contributed by atoms with E-state index in [4.69, 9.17) is 0 Å². The molecule has 0 fully saturated rings. The van der Waals surface area contributed by atoms with Gasteiger partial charge in [0, 0.05) is 0 Å². The molecule has 1 N–H and O–H groups in total. The van der Waals surface area contributed by atoms with Crippen LogP contribution in [0.15, 0.2) is 18.3 Å². The van der Waals surface area contributed by atoms with Gasteiger partial charge in [-0.05, 0) is 12.1 Å². The number of ether oxygens (including phenoxy) is 2. The van der Waals surface area contributed by atoms with Crippen LogP contribution in [0.5, 0.6) is 5.75 Å². The fraction of sp³-hybridized carbons (Fsp3) is 0.182. The SMILES string of the molecule is O=C(OC(=O)C(F)(F)F)c1n[nH]nc1-c1ccc(OC(F)(F)F)cn1. The van der Waals surface area contributed by atoms with Gasteiger partial charge in [-0.15, -0.1) is 18.3 Å². The second-order valence-electron chi connectivity index (χ2n) is 4.12. The zero-order valence-electron chi connectivity index (χ0n) is 11.5. The number of alkyl halides is 6. The fourth-order valence-electron chi connectivity index (χ4n) is 1.46. The van der Waals surface area contributed by atoms with E-state index in [1.165, 1.54) is 0 Å².